The molecule has 1 heterocycles. The molecule has 0 atom stereocenters. The SMILES string of the molecule is COc1cc(C=Nn2c(-c3ccccc3)nc3ccccc3c2=O)c(Br)c(Br)c1OCc1ccc(Cl)cc1Cl. The zero-order valence-electron chi connectivity index (χ0n) is 20.4. The van der Waals surface area contributed by atoms with E-state index in [-0.39, 0.29) is 12.2 Å². The summed E-state index contributed by atoms with van der Waals surface area (Å²) in [6.45, 7) is 0.198. The van der Waals surface area contributed by atoms with Crippen LogP contribution in [0.15, 0.2) is 97.7 Å². The summed E-state index contributed by atoms with van der Waals surface area (Å²) in [7, 11) is 1.55. The van der Waals surface area contributed by atoms with Gasteiger partial charge in [0, 0.05) is 31.2 Å². The van der Waals surface area contributed by atoms with E-state index in [2.05, 4.69) is 37.0 Å². The van der Waals surface area contributed by atoms with E-state index in [1.165, 1.54) is 4.68 Å². The molecule has 0 spiro atoms. The third kappa shape index (κ3) is 5.75. The number of aromatic nitrogens is 2. The highest BCUT2D eigenvalue weighted by atomic mass is 79.9. The minimum Gasteiger partial charge on any atom is -0.493 e. The van der Waals surface area contributed by atoms with E-state index in [0.717, 1.165) is 11.1 Å². The Morgan fingerprint density at radius 2 is 1.72 bits per heavy atom. The zero-order valence-corrected chi connectivity index (χ0v) is 25.1. The summed E-state index contributed by atoms with van der Waals surface area (Å²) >= 11 is 19.5. The summed E-state index contributed by atoms with van der Waals surface area (Å²) in [4.78, 5) is 18.2. The molecule has 5 rings (SSSR count). The molecule has 0 amide bonds. The van der Waals surface area contributed by atoms with Gasteiger partial charge in [-0.2, -0.15) is 9.78 Å². The van der Waals surface area contributed by atoms with Crippen LogP contribution in [0.4, 0.5) is 0 Å². The number of ether oxygens (including phenoxy) is 2. The Bertz CT molecular complexity index is 1780. The first-order chi connectivity index (χ1) is 18.9. The van der Waals surface area contributed by atoms with Crippen LogP contribution in [-0.4, -0.2) is 23.0 Å². The van der Waals surface area contributed by atoms with E-state index in [1.54, 1.807) is 49.7 Å². The molecule has 0 saturated carbocycles. The fraction of sp³-hybridized carbons (Fsp3) is 0.0690. The van der Waals surface area contributed by atoms with Crippen LogP contribution in [0.5, 0.6) is 11.5 Å². The summed E-state index contributed by atoms with van der Waals surface area (Å²) in [6.07, 6.45) is 1.57. The lowest BCUT2D eigenvalue weighted by Crippen LogP contribution is -2.20. The van der Waals surface area contributed by atoms with Gasteiger partial charge in [0.1, 0.15) is 6.61 Å². The van der Waals surface area contributed by atoms with Crippen molar-refractivity contribution in [2.45, 2.75) is 6.61 Å². The average Bonchev–Trinajstić information content (AvgIpc) is 2.95. The maximum atomic E-state index is 13.5. The Morgan fingerprint density at radius 1 is 0.974 bits per heavy atom. The second kappa shape index (κ2) is 11.9. The lowest BCUT2D eigenvalue weighted by Gasteiger charge is -2.16. The smallest absolute Gasteiger partial charge is 0.282 e. The van der Waals surface area contributed by atoms with Crippen LogP contribution in [-0.2, 0) is 6.61 Å². The first-order valence-electron chi connectivity index (χ1n) is 11.6. The van der Waals surface area contributed by atoms with E-state index < -0.39 is 0 Å². The summed E-state index contributed by atoms with van der Waals surface area (Å²) < 4.78 is 14.3. The number of hydrogen-bond acceptors (Lipinski definition) is 5. The summed E-state index contributed by atoms with van der Waals surface area (Å²) in [6, 6.07) is 23.6. The number of nitrogens with zero attached hydrogens (tertiary/aromatic N) is 3. The summed E-state index contributed by atoms with van der Waals surface area (Å²) in [5, 5.41) is 6.08. The number of hydrogen-bond donors (Lipinski definition) is 0. The normalized spacial score (nSPS) is 11.3. The molecular weight excluding hydrogens is 669 g/mol. The van der Waals surface area contributed by atoms with Crippen LogP contribution in [0, 0.1) is 0 Å². The van der Waals surface area contributed by atoms with Crippen molar-refractivity contribution in [1.29, 1.82) is 0 Å². The number of fused-ring (bicyclic) bond motifs is 1. The van der Waals surface area contributed by atoms with Crippen molar-refractivity contribution in [2.24, 2.45) is 5.10 Å². The molecule has 1 aromatic heterocycles. The van der Waals surface area contributed by atoms with Crippen molar-refractivity contribution >= 4 is 72.2 Å². The number of rotatable bonds is 7. The summed E-state index contributed by atoms with van der Waals surface area (Å²) in [5.41, 5.74) is 2.50. The van der Waals surface area contributed by atoms with Crippen molar-refractivity contribution in [2.75, 3.05) is 7.11 Å². The maximum absolute atomic E-state index is 13.5. The molecule has 196 valence electrons. The Hall–Kier alpha value is -3.17. The first-order valence-corrected chi connectivity index (χ1v) is 14.0. The van der Waals surface area contributed by atoms with E-state index >= 15 is 0 Å². The molecule has 0 aliphatic carbocycles. The van der Waals surface area contributed by atoms with Crippen molar-refractivity contribution in [3.63, 3.8) is 0 Å². The minimum absolute atomic E-state index is 0.198. The lowest BCUT2D eigenvalue weighted by molar-refractivity contribution is 0.282. The molecular formula is C29H19Br2Cl2N3O3. The van der Waals surface area contributed by atoms with Gasteiger partial charge in [0.05, 0.1) is 28.7 Å². The van der Waals surface area contributed by atoms with Crippen LogP contribution in [0.1, 0.15) is 11.1 Å². The Kier molecular flexibility index (Phi) is 8.37. The molecule has 5 aromatic rings. The quantitative estimate of drug-likeness (QED) is 0.161. The topological polar surface area (TPSA) is 65.7 Å². The van der Waals surface area contributed by atoms with Crippen LogP contribution in [0.2, 0.25) is 10.0 Å². The van der Waals surface area contributed by atoms with Crippen molar-refractivity contribution < 1.29 is 9.47 Å². The predicted octanol–water partition coefficient (Wildman–Crippen LogP) is 8.37. The van der Waals surface area contributed by atoms with Gasteiger partial charge in [0.25, 0.3) is 5.56 Å². The Morgan fingerprint density at radius 3 is 2.46 bits per heavy atom. The molecule has 0 radical (unpaired) electrons. The van der Waals surface area contributed by atoms with Gasteiger partial charge in [-0.05, 0) is 62.2 Å². The van der Waals surface area contributed by atoms with Gasteiger partial charge >= 0.3 is 0 Å². The zero-order chi connectivity index (χ0) is 27.5. The molecule has 0 fully saturated rings. The van der Waals surface area contributed by atoms with E-state index in [9.17, 15) is 4.79 Å². The van der Waals surface area contributed by atoms with Crippen molar-refractivity contribution in [1.82, 2.24) is 9.66 Å². The van der Waals surface area contributed by atoms with Gasteiger partial charge in [-0.3, -0.25) is 4.79 Å². The van der Waals surface area contributed by atoms with Crippen molar-refractivity contribution in [3.8, 4) is 22.9 Å². The van der Waals surface area contributed by atoms with Crippen LogP contribution < -0.4 is 15.0 Å². The molecule has 0 bridgehead atoms. The number of methoxy groups -OCH3 is 1. The maximum Gasteiger partial charge on any atom is 0.282 e. The van der Waals surface area contributed by atoms with Gasteiger partial charge in [-0.1, -0.05) is 71.7 Å². The van der Waals surface area contributed by atoms with Crippen LogP contribution >= 0.6 is 55.1 Å². The van der Waals surface area contributed by atoms with E-state index in [1.807, 2.05) is 42.5 Å². The highest BCUT2D eigenvalue weighted by Gasteiger charge is 2.18. The average molecular weight is 688 g/mol. The number of para-hydroxylation sites is 1. The standard InChI is InChI=1S/C29H19Br2Cl2N3O3/c1-38-24-13-19(25(30)26(31)27(24)39-16-18-11-12-20(32)14-22(18)33)15-34-36-28(17-7-3-2-4-8-17)35-23-10-6-5-9-21(23)29(36)37/h2-15H,16H2,1H3. The number of benzene rings is 4. The summed E-state index contributed by atoms with van der Waals surface area (Å²) in [5.74, 6) is 1.36. The number of halogens is 4. The van der Waals surface area contributed by atoms with E-state index in [4.69, 9.17) is 37.7 Å². The molecule has 39 heavy (non-hydrogen) atoms. The molecule has 0 saturated heterocycles. The van der Waals surface area contributed by atoms with Gasteiger partial charge in [-0.15, -0.1) is 0 Å². The molecule has 0 aliphatic heterocycles. The second-order valence-corrected chi connectivity index (χ2v) is 10.8. The second-order valence-electron chi connectivity index (χ2n) is 8.33. The minimum atomic E-state index is -0.280. The fourth-order valence-corrected chi connectivity index (χ4v) is 5.30. The molecule has 10 heteroatoms. The van der Waals surface area contributed by atoms with Gasteiger partial charge < -0.3 is 9.47 Å². The molecule has 6 nitrogen and oxygen atoms in total. The third-order valence-electron chi connectivity index (χ3n) is 5.86. The highest BCUT2D eigenvalue weighted by molar-refractivity contribution is 9.13. The molecule has 0 unspecified atom stereocenters. The predicted molar refractivity (Wildman–Crippen MR) is 164 cm³/mol. The molecule has 4 aromatic carbocycles. The Labute approximate surface area is 251 Å². The van der Waals surface area contributed by atoms with Gasteiger partial charge in [0.15, 0.2) is 17.3 Å². The van der Waals surface area contributed by atoms with Crippen molar-refractivity contribution in [3.05, 3.63) is 119 Å². The largest absolute Gasteiger partial charge is 0.493 e. The Balaban J connectivity index is 1.55. The molecule has 0 N–H and O–H groups in total. The monoisotopic (exact) mass is 685 g/mol. The van der Waals surface area contributed by atoms with Crippen LogP contribution in [0.3, 0.4) is 0 Å². The van der Waals surface area contributed by atoms with Crippen LogP contribution in [0.25, 0.3) is 22.3 Å². The highest BCUT2D eigenvalue weighted by Crippen LogP contribution is 2.43. The van der Waals surface area contributed by atoms with Gasteiger partial charge in [-0.25, -0.2) is 4.98 Å². The fourth-order valence-electron chi connectivity index (χ4n) is 3.90. The lowest BCUT2D eigenvalue weighted by atomic mass is 10.2. The van der Waals surface area contributed by atoms with Gasteiger partial charge in [0.2, 0.25) is 0 Å². The van der Waals surface area contributed by atoms with E-state index in [0.29, 0.717) is 52.8 Å². The third-order valence-corrected chi connectivity index (χ3v) is 8.59. The first kappa shape index (κ1) is 27.4. The molecule has 0 aliphatic rings.